The molecule has 0 aliphatic carbocycles. The highest BCUT2D eigenvalue weighted by Gasteiger charge is 2.41. The van der Waals surface area contributed by atoms with Crippen LogP contribution in [0.4, 0.5) is 10.1 Å². The zero-order chi connectivity index (χ0) is 25.6. The zero-order valence-corrected chi connectivity index (χ0v) is 20.8. The average Bonchev–Trinajstić information content (AvgIpc) is 3.55. The summed E-state index contributed by atoms with van der Waals surface area (Å²) < 4.78 is 19.3. The third-order valence-electron chi connectivity index (χ3n) is 6.92. The van der Waals surface area contributed by atoms with Crippen LogP contribution in [0.2, 0.25) is 5.02 Å². The van der Waals surface area contributed by atoms with E-state index in [0.29, 0.717) is 35.3 Å². The average molecular weight is 513 g/mol. The minimum Gasteiger partial charge on any atom is -0.370 e. The lowest BCUT2D eigenvalue weighted by Crippen LogP contribution is -2.42. The SMILES string of the molecule is Cn1cnnc1C1(F)CCN(c2c(C#N)cccc2-c2cnc3nc(-c4cccc(Cl)c4)ccn23)CC1. The van der Waals surface area contributed by atoms with Crippen molar-refractivity contribution >= 4 is 23.1 Å². The molecule has 5 aromatic rings. The van der Waals surface area contributed by atoms with Gasteiger partial charge in [-0.15, -0.1) is 10.2 Å². The Hall–Kier alpha value is -4.29. The van der Waals surface area contributed by atoms with E-state index < -0.39 is 5.67 Å². The highest BCUT2D eigenvalue weighted by atomic mass is 35.5. The van der Waals surface area contributed by atoms with Crippen LogP contribution >= 0.6 is 11.6 Å². The summed E-state index contributed by atoms with van der Waals surface area (Å²) >= 11 is 6.16. The van der Waals surface area contributed by atoms with Gasteiger partial charge in [-0.05, 0) is 24.3 Å². The predicted molar refractivity (Wildman–Crippen MR) is 139 cm³/mol. The van der Waals surface area contributed by atoms with Crippen molar-refractivity contribution < 1.29 is 4.39 Å². The van der Waals surface area contributed by atoms with E-state index in [1.165, 1.54) is 6.33 Å². The van der Waals surface area contributed by atoms with Crippen molar-refractivity contribution in [1.82, 2.24) is 29.1 Å². The number of nitrogens with zero attached hydrogens (tertiary/aromatic N) is 8. The number of para-hydroxylation sites is 1. The number of aryl methyl sites for hydroxylation is 1. The smallest absolute Gasteiger partial charge is 0.234 e. The van der Waals surface area contributed by atoms with Gasteiger partial charge < -0.3 is 9.47 Å². The maximum atomic E-state index is 15.8. The van der Waals surface area contributed by atoms with E-state index in [4.69, 9.17) is 16.6 Å². The lowest BCUT2D eigenvalue weighted by molar-refractivity contribution is 0.109. The predicted octanol–water partition coefficient (Wildman–Crippen LogP) is 5.18. The van der Waals surface area contributed by atoms with Gasteiger partial charge in [0.05, 0.1) is 28.8 Å². The fraction of sp³-hybridized carbons (Fsp3) is 0.222. The van der Waals surface area contributed by atoms with Gasteiger partial charge in [0.2, 0.25) is 5.78 Å². The zero-order valence-electron chi connectivity index (χ0n) is 20.0. The number of fused-ring (bicyclic) bond motifs is 1. The second-order valence-electron chi connectivity index (χ2n) is 9.17. The number of alkyl halides is 1. The number of imidazole rings is 1. The van der Waals surface area contributed by atoms with Crippen molar-refractivity contribution in [3.8, 4) is 28.6 Å². The first-order chi connectivity index (χ1) is 18.0. The maximum Gasteiger partial charge on any atom is 0.234 e. The standard InChI is InChI=1S/C27H22ClFN8/c1-35-17-32-34-25(35)27(29)9-12-36(13-10-27)24-19(15-30)5-3-7-21(24)23-16-31-26-33-22(8-11-37(23)26)18-4-2-6-20(28)14-18/h2-8,11,14,16-17H,9-10,12-13H2,1H3. The molecule has 1 fully saturated rings. The number of halogens is 2. The molecule has 0 saturated carbocycles. The van der Waals surface area contributed by atoms with Crippen LogP contribution in [0, 0.1) is 11.3 Å². The van der Waals surface area contributed by atoms with Crippen LogP contribution in [0.1, 0.15) is 24.2 Å². The first kappa shape index (κ1) is 23.1. The molecule has 1 aliphatic heterocycles. The molecule has 6 rings (SSSR count). The number of hydrogen-bond acceptors (Lipinski definition) is 6. The summed E-state index contributed by atoms with van der Waals surface area (Å²) in [6, 6.07) is 17.4. The summed E-state index contributed by atoms with van der Waals surface area (Å²) in [7, 11) is 1.75. The number of anilines is 1. The minimum atomic E-state index is -1.56. The quantitative estimate of drug-likeness (QED) is 0.329. The van der Waals surface area contributed by atoms with Crippen LogP contribution in [0.15, 0.2) is 67.3 Å². The van der Waals surface area contributed by atoms with Crippen molar-refractivity contribution in [1.29, 1.82) is 5.26 Å². The van der Waals surface area contributed by atoms with Gasteiger partial charge in [0.15, 0.2) is 11.5 Å². The third kappa shape index (κ3) is 3.99. The summed E-state index contributed by atoms with van der Waals surface area (Å²) in [4.78, 5) is 11.4. The van der Waals surface area contributed by atoms with Crippen molar-refractivity contribution in [3.05, 3.63) is 83.7 Å². The van der Waals surface area contributed by atoms with Gasteiger partial charge >= 0.3 is 0 Å². The molecule has 0 bridgehead atoms. The maximum absolute atomic E-state index is 15.8. The molecule has 0 N–H and O–H groups in total. The van der Waals surface area contributed by atoms with Gasteiger partial charge in [0.1, 0.15) is 12.4 Å². The highest BCUT2D eigenvalue weighted by Crippen LogP contribution is 2.41. The summed E-state index contributed by atoms with van der Waals surface area (Å²) in [6.07, 6.45) is 5.68. The Labute approximate surface area is 217 Å². The minimum absolute atomic E-state index is 0.246. The third-order valence-corrected chi connectivity index (χ3v) is 7.15. The molecule has 1 saturated heterocycles. The Morgan fingerprint density at radius 2 is 1.92 bits per heavy atom. The molecule has 0 amide bonds. The van der Waals surface area contributed by atoms with Crippen molar-refractivity contribution in [2.45, 2.75) is 18.5 Å². The molecular formula is C27H22ClFN8. The van der Waals surface area contributed by atoms with E-state index in [-0.39, 0.29) is 12.8 Å². The van der Waals surface area contributed by atoms with E-state index in [0.717, 1.165) is 28.2 Å². The van der Waals surface area contributed by atoms with Crippen LogP contribution in [0.5, 0.6) is 0 Å². The topological polar surface area (TPSA) is 87.9 Å². The molecule has 0 unspecified atom stereocenters. The molecule has 8 nitrogen and oxygen atoms in total. The van der Waals surface area contributed by atoms with Crippen LogP contribution in [0.3, 0.4) is 0 Å². The highest BCUT2D eigenvalue weighted by molar-refractivity contribution is 6.30. The van der Waals surface area contributed by atoms with E-state index in [1.807, 2.05) is 53.1 Å². The van der Waals surface area contributed by atoms with Gasteiger partial charge in [-0.1, -0.05) is 35.9 Å². The van der Waals surface area contributed by atoms with Gasteiger partial charge in [0.25, 0.3) is 0 Å². The number of nitriles is 1. The van der Waals surface area contributed by atoms with E-state index in [1.54, 1.807) is 23.9 Å². The van der Waals surface area contributed by atoms with Crippen molar-refractivity contribution in [2.24, 2.45) is 7.05 Å². The van der Waals surface area contributed by atoms with E-state index >= 15 is 4.39 Å². The molecular weight excluding hydrogens is 491 g/mol. The fourth-order valence-corrected chi connectivity index (χ4v) is 5.25. The summed E-state index contributed by atoms with van der Waals surface area (Å²) in [5, 5.41) is 18.4. The fourth-order valence-electron chi connectivity index (χ4n) is 5.06. The van der Waals surface area contributed by atoms with Crippen LogP contribution in [-0.2, 0) is 12.7 Å². The molecule has 4 heterocycles. The number of hydrogen-bond donors (Lipinski definition) is 0. The molecule has 3 aromatic heterocycles. The van der Waals surface area contributed by atoms with Gasteiger partial charge in [-0.25, -0.2) is 14.4 Å². The number of rotatable bonds is 4. The normalized spacial score (nSPS) is 15.1. The molecule has 1 aliphatic rings. The lowest BCUT2D eigenvalue weighted by atomic mass is 9.91. The largest absolute Gasteiger partial charge is 0.370 e. The second kappa shape index (κ2) is 8.98. The first-order valence-electron chi connectivity index (χ1n) is 11.9. The van der Waals surface area contributed by atoms with Gasteiger partial charge in [-0.2, -0.15) is 5.26 Å². The number of benzene rings is 2. The van der Waals surface area contributed by atoms with Gasteiger partial charge in [-0.3, -0.25) is 4.40 Å². The lowest BCUT2D eigenvalue weighted by Gasteiger charge is -2.38. The van der Waals surface area contributed by atoms with Crippen LogP contribution in [-0.4, -0.2) is 42.2 Å². The van der Waals surface area contributed by atoms with Crippen molar-refractivity contribution in [3.63, 3.8) is 0 Å². The van der Waals surface area contributed by atoms with E-state index in [9.17, 15) is 5.26 Å². The van der Waals surface area contributed by atoms with Gasteiger partial charge in [0, 0.05) is 55.3 Å². The molecule has 37 heavy (non-hydrogen) atoms. The molecule has 0 radical (unpaired) electrons. The monoisotopic (exact) mass is 512 g/mol. The Morgan fingerprint density at radius 1 is 1.11 bits per heavy atom. The summed E-state index contributed by atoms with van der Waals surface area (Å²) in [6.45, 7) is 0.867. The molecule has 0 spiro atoms. The van der Waals surface area contributed by atoms with Crippen LogP contribution < -0.4 is 4.90 Å². The van der Waals surface area contributed by atoms with Crippen LogP contribution in [0.25, 0.3) is 28.3 Å². The first-order valence-corrected chi connectivity index (χ1v) is 12.3. The second-order valence-corrected chi connectivity index (χ2v) is 9.60. The summed E-state index contributed by atoms with van der Waals surface area (Å²) in [5.74, 6) is 0.869. The Bertz CT molecular complexity index is 1660. The van der Waals surface area contributed by atoms with Crippen molar-refractivity contribution in [2.75, 3.05) is 18.0 Å². The Kier molecular flexibility index (Phi) is 5.61. The molecule has 0 atom stereocenters. The number of aromatic nitrogens is 6. The Morgan fingerprint density at radius 3 is 2.65 bits per heavy atom. The molecule has 184 valence electrons. The summed E-state index contributed by atoms with van der Waals surface area (Å²) in [5.41, 5.74) is 3.04. The number of piperidine rings is 1. The Balaban J connectivity index is 1.37. The van der Waals surface area contributed by atoms with E-state index in [2.05, 4.69) is 26.2 Å². The molecule has 2 aromatic carbocycles. The molecule has 10 heteroatoms.